The Morgan fingerprint density at radius 2 is 2.12 bits per heavy atom. The van der Waals surface area contributed by atoms with Crippen LogP contribution in [-0.2, 0) is 6.54 Å². The van der Waals surface area contributed by atoms with E-state index in [9.17, 15) is 0 Å². The van der Waals surface area contributed by atoms with Gasteiger partial charge in [0.15, 0.2) is 0 Å². The lowest BCUT2D eigenvalue weighted by Gasteiger charge is -2.03. The van der Waals surface area contributed by atoms with Gasteiger partial charge in [-0.15, -0.1) is 0 Å². The van der Waals surface area contributed by atoms with Crippen LogP contribution in [0.2, 0.25) is 0 Å². The fourth-order valence-corrected chi connectivity index (χ4v) is 1.36. The molecule has 84 valence electrons. The van der Waals surface area contributed by atoms with E-state index >= 15 is 0 Å². The first-order chi connectivity index (χ1) is 7.90. The summed E-state index contributed by atoms with van der Waals surface area (Å²) < 4.78 is 1.78. The molecule has 2 aromatic heterocycles. The summed E-state index contributed by atoms with van der Waals surface area (Å²) in [6.07, 6.45) is 10.0. The summed E-state index contributed by atoms with van der Waals surface area (Å²) in [5, 5.41) is 3.31. The van der Waals surface area contributed by atoms with Gasteiger partial charge in [0.1, 0.15) is 6.33 Å². The summed E-state index contributed by atoms with van der Waals surface area (Å²) in [5.74, 6) is 0.650. The predicted molar refractivity (Wildman–Crippen MR) is 61.2 cm³/mol. The molecule has 2 heterocycles. The third kappa shape index (κ3) is 2.64. The molecule has 0 saturated heterocycles. The molecule has 2 rings (SSSR count). The Morgan fingerprint density at radius 3 is 2.75 bits per heavy atom. The predicted octanol–water partition coefficient (Wildman–Crippen LogP) is 1.16. The second-order valence-corrected chi connectivity index (χ2v) is 3.54. The molecule has 16 heavy (non-hydrogen) atoms. The summed E-state index contributed by atoms with van der Waals surface area (Å²) in [6.45, 7) is 3.98. The number of hydrogen-bond acceptors (Lipinski definition) is 4. The molecule has 0 atom stereocenters. The van der Waals surface area contributed by atoms with Crippen molar-refractivity contribution in [1.82, 2.24) is 24.8 Å². The lowest BCUT2D eigenvalue weighted by Crippen LogP contribution is -2.14. The monoisotopic (exact) mass is 217 g/mol. The Kier molecular flexibility index (Phi) is 3.61. The topological polar surface area (TPSA) is 55.6 Å². The molecular formula is C11H15N5. The van der Waals surface area contributed by atoms with Gasteiger partial charge in [0, 0.05) is 36.9 Å². The van der Waals surface area contributed by atoms with Gasteiger partial charge in [0.2, 0.25) is 5.95 Å². The van der Waals surface area contributed by atoms with Crippen molar-refractivity contribution in [1.29, 1.82) is 0 Å². The van der Waals surface area contributed by atoms with Crippen LogP contribution in [0, 0.1) is 0 Å². The summed E-state index contributed by atoms with van der Waals surface area (Å²) in [6, 6.07) is 0. The van der Waals surface area contributed by atoms with E-state index in [2.05, 4.69) is 27.2 Å². The smallest absolute Gasteiger partial charge is 0.234 e. The van der Waals surface area contributed by atoms with Crippen LogP contribution in [-0.4, -0.2) is 26.1 Å². The van der Waals surface area contributed by atoms with E-state index in [0.717, 1.165) is 25.1 Å². The standard InChI is InChI=1S/C11H15N5/c1-2-3-12-6-10-7-14-11(15-8-10)16-5-4-13-9-16/h4-5,7-9,12H,2-3,6H2,1H3. The van der Waals surface area contributed by atoms with Crippen molar-refractivity contribution in [2.45, 2.75) is 19.9 Å². The van der Waals surface area contributed by atoms with Crippen LogP contribution < -0.4 is 5.32 Å². The molecule has 0 bridgehead atoms. The maximum atomic E-state index is 4.27. The zero-order valence-electron chi connectivity index (χ0n) is 9.30. The van der Waals surface area contributed by atoms with Crippen LogP contribution in [0.1, 0.15) is 18.9 Å². The van der Waals surface area contributed by atoms with Crippen LogP contribution in [0.4, 0.5) is 0 Å². The highest BCUT2D eigenvalue weighted by atomic mass is 15.2. The van der Waals surface area contributed by atoms with Crippen LogP contribution in [0.25, 0.3) is 5.95 Å². The highest BCUT2D eigenvalue weighted by Gasteiger charge is 1.98. The van der Waals surface area contributed by atoms with E-state index in [1.807, 2.05) is 18.6 Å². The van der Waals surface area contributed by atoms with Crippen LogP contribution >= 0.6 is 0 Å². The van der Waals surface area contributed by atoms with Crippen molar-refractivity contribution >= 4 is 0 Å². The molecule has 0 aromatic carbocycles. The maximum Gasteiger partial charge on any atom is 0.234 e. The number of nitrogens with zero attached hydrogens (tertiary/aromatic N) is 4. The molecule has 1 N–H and O–H groups in total. The third-order valence-corrected chi connectivity index (χ3v) is 2.18. The molecule has 0 amide bonds. The second-order valence-electron chi connectivity index (χ2n) is 3.54. The van der Waals surface area contributed by atoms with Crippen LogP contribution in [0.3, 0.4) is 0 Å². The first-order valence-electron chi connectivity index (χ1n) is 5.40. The molecule has 0 spiro atoms. The molecule has 0 aliphatic carbocycles. The van der Waals surface area contributed by atoms with E-state index < -0.39 is 0 Å². The van der Waals surface area contributed by atoms with Gasteiger partial charge in [-0.2, -0.15) is 0 Å². The van der Waals surface area contributed by atoms with E-state index in [4.69, 9.17) is 0 Å². The van der Waals surface area contributed by atoms with Crippen molar-refractivity contribution in [3.8, 4) is 5.95 Å². The summed E-state index contributed by atoms with van der Waals surface area (Å²) in [4.78, 5) is 12.5. The largest absolute Gasteiger partial charge is 0.313 e. The molecule has 2 aromatic rings. The van der Waals surface area contributed by atoms with Gasteiger partial charge < -0.3 is 5.32 Å². The van der Waals surface area contributed by atoms with Crippen molar-refractivity contribution in [2.24, 2.45) is 0 Å². The fourth-order valence-electron chi connectivity index (χ4n) is 1.36. The maximum absolute atomic E-state index is 4.27. The van der Waals surface area contributed by atoms with Gasteiger partial charge in [-0.3, -0.25) is 4.57 Å². The van der Waals surface area contributed by atoms with Crippen LogP contribution in [0.5, 0.6) is 0 Å². The van der Waals surface area contributed by atoms with E-state index in [1.165, 1.54) is 0 Å². The minimum absolute atomic E-state index is 0.650. The number of nitrogens with one attached hydrogen (secondary N) is 1. The number of imidazole rings is 1. The van der Waals surface area contributed by atoms with Gasteiger partial charge >= 0.3 is 0 Å². The Labute approximate surface area is 94.6 Å². The minimum atomic E-state index is 0.650. The molecule has 0 saturated carbocycles. The van der Waals surface area contributed by atoms with Crippen molar-refractivity contribution in [3.63, 3.8) is 0 Å². The molecule has 5 heteroatoms. The molecule has 0 radical (unpaired) electrons. The van der Waals surface area contributed by atoms with Crippen molar-refractivity contribution in [3.05, 3.63) is 36.7 Å². The summed E-state index contributed by atoms with van der Waals surface area (Å²) in [7, 11) is 0. The lowest BCUT2D eigenvalue weighted by atomic mass is 10.3. The van der Waals surface area contributed by atoms with Crippen molar-refractivity contribution < 1.29 is 0 Å². The average Bonchev–Trinajstić information content (AvgIpc) is 2.84. The quantitative estimate of drug-likeness (QED) is 0.764. The minimum Gasteiger partial charge on any atom is -0.313 e. The SMILES string of the molecule is CCCNCc1cnc(-n2ccnc2)nc1. The number of rotatable bonds is 5. The Morgan fingerprint density at radius 1 is 1.31 bits per heavy atom. The van der Waals surface area contributed by atoms with Gasteiger partial charge in [-0.1, -0.05) is 6.92 Å². The Hall–Kier alpha value is -1.75. The van der Waals surface area contributed by atoms with E-state index in [0.29, 0.717) is 5.95 Å². The fraction of sp³-hybridized carbons (Fsp3) is 0.364. The molecule has 0 aliphatic rings. The highest BCUT2D eigenvalue weighted by molar-refractivity contribution is 5.14. The number of aromatic nitrogens is 4. The lowest BCUT2D eigenvalue weighted by molar-refractivity contribution is 0.671. The Balaban J connectivity index is 2.00. The zero-order valence-corrected chi connectivity index (χ0v) is 9.30. The zero-order chi connectivity index (χ0) is 11.2. The first-order valence-corrected chi connectivity index (χ1v) is 5.40. The van der Waals surface area contributed by atoms with Crippen LogP contribution in [0.15, 0.2) is 31.1 Å². The van der Waals surface area contributed by atoms with E-state index in [-0.39, 0.29) is 0 Å². The second kappa shape index (κ2) is 5.37. The Bertz CT molecular complexity index is 406. The summed E-state index contributed by atoms with van der Waals surface area (Å²) >= 11 is 0. The van der Waals surface area contributed by atoms with Gasteiger partial charge in [-0.05, 0) is 13.0 Å². The number of hydrogen-bond donors (Lipinski definition) is 1. The molecule has 0 aliphatic heterocycles. The van der Waals surface area contributed by atoms with Gasteiger partial charge in [0.25, 0.3) is 0 Å². The molecule has 0 fully saturated rings. The van der Waals surface area contributed by atoms with E-state index in [1.54, 1.807) is 17.1 Å². The normalized spacial score (nSPS) is 10.6. The highest BCUT2D eigenvalue weighted by Crippen LogP contribution is 2.00. The molecular weight excluding hydrogens is 202 g/mol. The van der Waals surface area contributed by atoms with Gasteiger partial charge in [-0.25, -0.2) is 15.0 Å². The van der Waals surface area contributed by atoms with Crippen molar-refractivity contribution in [2.75, 3.05) is 6.54 Å². The molecule has 5 nitrogen and oxygen atoms in total. The third-order valence-electron chi connectivity index (χ3n) is 2.18. The summed E-state index contributed by atoms with van der Waals surface area (Å²) in [5.41, 5.74) is 1.09. The average molecular weight is 217 g/mol. The van der Waals surface area contributed by atoms with Gasteiger partial charge in [0.05, 0.1) is 0 Å². The molecule has 0 unspecified atom stereocenters. The first kappa shape index (κ1) is 10.8.